The molecule has 4 nitrogen and oxygen atoms in total. The second-order valence-corrected chi connectivity index (χ2v) is 4.11. The highest BCUT2D eigenvalue weighted by atomic mass is 16.2. The van der Waals surface area contributed by atoms with Crippen LogP contribution < -0.4 is 10.6 Å². The lowest BCUT2D eigenvalue weighted by Crippen LogP contribution is -2.26. The number of anilines is 1. The highest BCUT2D eigenvalue weighted by Gasteiger charge is 2.24. The van der Waals surface area contributed by atoms with Crippen LogP contribution in [0.5, 0.6) is 0 Å². The van der Waals surface area contributed by atoms with Crippen molar-refractivity contribution in [2.75, 3.05) is 11.9 Å². The summed E-state index contributed by atoms with van der Waals surface area (Å²) >= 11 is 0. The summed E-state index contributed by atoms with van der Waals surface area (Å²) in [5.74, 6) is -0.0652. The topological polar surface area (TPSA) is 54.0 Å². The summed E-state index contributed by atoms with van der Waals surface area (Å²) in [6.07, 6.45) is 4.98. The molecule has 1 aromatic heterocycles. The third kappa shape index (κ3) is 2.95. The summed E-state index contributed by atoms with van der Waals surface area (Å²) in [5.41, 5.74) is 1.46. The van der Waals surface area contributed by atoms with Gasteiger partial charge in [0, 0.05) is 12.6 Å². The molecule has 1 aliphatic carbocycles. The van der Waals surface area contributed by atoms with E-state index in [1.165, 1.54) is 0 Å². The van der Waals surface area contributed by atoms with Crippen LogP contribution in [-0.2, 0) is 0 Å². The maximum absolute atomic E-state index is 11.6. The zero-order valence-electron chi connectivity index (χ0n) is 9.49. The molecule has 1 fully saturated rings. The molecule has 1 aromatic rings. The molecule has 2 N–H and O–H groups in total. The molecular weight excluding hydrogens is 202 g/mol. The number of hydrogen-bond donors (Lipinski definition) is 2. The van der Waals surface area contributed by atoms with E-state index in [2.05, 4.69) is 22.5 Å². The minimum Gasteiger partial charge on any atom is -0.384 e. The maximum Gasteiger partial charge on any atom is 0.270 e. The molecule has 0 atom stereocenters. The number of pyridine rings is 1. The van der Waals surface area contributed by atoms with Crippen LogP contribution in [0.2, 0.25) is 0 Å². The van der Waals surface area contributed by atoms with Crippen LogP contribution in [-0.4, -0.2) is 23.5 Å². The molecular formula is C12H17N3O. The summed E-state index contributed by atoms with van der Waals surface area (Å²) in [7, 11) is 0. The Morgan fingerprint density at radius 1 is 1.50 bits per heavy atom. The molecule has 16 heavy (non-hydrogen) atoms. The van der Waals surface area contributed by atoms with Gasteiger partial charge in [0.2, 0.25) is 0 Å². The van der Waals surface area contributed by atoms with E-state index < -0.39 is 0 Å². The lowest BCUT2D eigenvalue weighted by atomic mass is 10.3. The summed E-state index contributed by atoms with van der Waals surface area (Å²) in [6.45, 7) is 3.03. The molecule has 1 amide bonds. The Morgan fingerprint density at radius 2 is 2.31 bits per heavy atom. The first-order chi connectivity index (χ1) is 7.79. The van der Waals surface area contributed by atoms with Crippen LogP contribution in [0.1, 0.15) is 36.7 Å². The van der Waals surface area contributed by atoms with E-state index in [9.17, 15) is 4.79 Å². The van der Waals surface area contributed by atoms with Gasteiger partial charge in [-0.1, -0.05) is 6.92 Å². The molecule has 86 valence electrons. The van der Waals surface area contributed by atoms with Gasteiger partial charge in [-0.3, -0.25) is 4.79 Å². The van der Waals surface area contributed by atoms with Gasteiger partial charge in [0.1, 0.15) is 5.69 Å². The van der Waals surface area contributed by atoms with E-state index in [1.807, 2.05) is 6.07 Å². The van der Waals surface area contributed by atoms with E-state index in [1.54, 1.807) is 12.3 Å². The van der Waals surface area contributed by atoms with Gasteiger partial charge < -0.3 is 10.6 Å². The lowest BCUT2D eigenvalue weighted by molar-refractivity contribution is 0.0946. The van der Waals surface area contributed by atoms with Crippen LogP contribution in [0.25, 0.3) is 0 Å². The fraction of sp³-hybridized carbons (Fsp3) is 0.500. The molecule has 0 aromatic carbocycles. The highest BCUT2D eigenvalue weighted by molar-refractivity contribution is 5.92. The van der Waals surface area contributed by atoms with Crippen molar-refractivity contribution >= 4 is 11.6 Å². The largest absolute Gasteiger partial charge is 0.384 e. The molecule has 0 spiro atoms. The lowest BCUT2D eigenvalue weighted by Gasteiger charge is -2.05. The van der Waals surface area contributed by atoms with E-state index in [0.717, 1.165) is 31.5 Å². The number of amides is 1. The Labute approximate surface area is 95.5 Å². The standard InChI is InChI=1S/C12H17N3O/c1-2-7-13-10-5-6-11(14-8-10)12(16)15-9-3-4-9/h5-6,8-9,13H,2-4,7H2,1H3,(H,15,16). The number of hydrogen-bond acceptors (Lipinski definition) is 3. The quantitative estimate of drug-likeness (QED) is 0.794. The fourth-order valence-corrected chi connectivity index (χ4v) is 1.39. The van der Waals surface area contributed by atoms with Crippen molar-refractivity contribution in [2.45, 2.75) is 32.2 Å². The molecule has 0 radical (unpaired) electrons. The molecule has 0 unspecified atom stereocenters. The minimum atomic E-state index is -0.0652. The Balaban J connectivity index is 1.92. The summed E-state index contributed by atoms with van der Waals surface area (Å²) in [5, 5.41) is 6.13. The molecule has 4 heteroatoms. The van der Waals surface area contributed by atoms with E-state index >= 15 is 0 Å². The van der Waals surface area contributed by atoms with Gasteiger partial charge >= 0.3 is 0 Å². The van der Waals surface area contributed by atoms with Crippen molar-refractivity contribution in [3.63, 3.8) is 0 Å². The molecule has 0 saturated heterocycles. The average molecular weight is 219 g/mol. The SMILES string of the molecule is CCCNc1ccc(C(=O)NC2CC2)nc1. The average Bonchev–Trinajstić information content (AvgIpc) is 3.11. The third-order valence-corrected chi connectivity index (χ3v) is 2.49. The molecule has 1 saturated carbocycles. The van der Waals surface area contributed by atoms with E-state index in [4.69, 9.17) is 0 Å². The fourth-order valence-electron chi connectivity index (χ4n) is 1.39. The first-order valence-corrected chi connectivity index (χ1v) is 5.80. The molecule has 1 aliphatic rings. The van der Waals surface area contributed by atoms with Gasteiger partial charge in [-0.2, -0.15) is 0 Å². The summed E-state index contributed by atoms with van der Waals surface area (Å²) < 4.78 is 0. The first-order valence-electron chi connectivity index (χ1n) is 5.80. The number of aromatic nitrogens is 1. The van der Waals surface area contributed by atoms with Gasteiger partial charge in [0.05, 0.1) is 11.9 Å². The van der Waals surface area contributed by atoms with Crippen LogP contribution in [0, 0.1) is 0 Å². The number of carbonyl (C=O) groups is 1. The number of rotatable bonds is 5. The van der Waals surface area contributed by atoms with E-state index in [-0.39, 0.29) is 5.91 Å². The van der Waals surface area contributed by atoms with Gasteiger partial charge in [-0.25, -0.2) is 4.98 Å². The normalized spacial score (nSPS) is 14.6. The Morgan fingerprint density at radius 3 is 2.88 bits per heavy atom. The molecule has 0 aliphatic heterocycles. The Bertz CT molecular complexity index is 357. The predicted molar refractivity (Wildman–Crippen MR) is 63.5 cm³/mol. The van der Waals surface area contributed by atoms with Crippen molar-refractivity contribution < 1.29 is 4.79 Å². The van der Waals surface area contributed by atoms with Crippen molar-refractivity contribution in [3.05, 3.63) is 24.0 Å². The first kappa shape index (κ1) is 10.9. The smallest absolute Gasteiger partial charge is 0.270 e. The number of nitrogens with zero attached hydrogens (tertiary/aromatic N) is 1. The van der Waals surface area contributed by atoms with Crippen LogP contribution >= 0.6 is 0 Å². The highest BCUT2D eigenvalue weighted by Crippen LogP contribution is 2.19. The zero-order chi connectivity index (χ0) is 11.4. The van der Waals surface area contributed by atoms with Crippen molar-refractivity contribution in [3.8, 4) is 0 Å². The second kappa shape index (κ2) is 4.96. The van der Waals surface area contributed by atoms with Gasteiger partial charge in [-0.15, -0.1) is 0 Å². The van der Waals surface area contributed by atoms with Crippen molar-refractivity contribution in [1.29, 1.82) is 0 Å². The van der Waals surface area contributed by atoms with Gasteiger partial charge in [-0.05, 0) is 31.4 Å². The van der Waals surface area contributed by atoms with Crippen molar-refractivity contribution in [1.82, 2.24) is 10.3 Å². The minimum absolute atomic E-state index is 0.0652. The van der Waals surface area contributed by atoms with Crippen LogP contribution in [0.15, 0.2) is 18.3 Å². The molecule has 0 bridgehead atoms. The van der Waals surface area contributed by atoms with Gasteiger partial charge in [0.15, 0.2) is 0 Å². The van der Waals surface area contributed by atoms with Crippen molar-refractivity contribution in [2.24, 2.45) is 0 Å². The zero-order valence-corrected chi connectivity index (χ0v) is 9.49. The Hall–Kier alpha value is -1.58. The second-order valence-electron chi connectivity index (χ2n) is 4.11. The van der Waals surface area contributed by atoms with E-state index in [0.29, 0.717) is 11.7 Å². The molecule has 1 heterocycles. The monoisotopic (exact) mass is 219 g/mol. The Kier molecular flexibility index (Phi) is 3.39. The molecule has 2 rings (SSSR count). The third-order valence-electron chi connectivity index (χ3n) is 2.49. The predicted octanol–water partition coefficient (Wildman–Crippen LogP) is 1.80. The van der Waals surface area contributed by atoms with Crippen LogP contribution in [0.3, 0.4) is 0 Å². The maximum atomic E-state index is 11.6. The van der Waals surface area contributed by atoms with Gasteiger partial charge in [0.25, 0.3) is 5.91 Å². The van der Waals surface area contributed by atoms with Crippen LogP contribution in [0.4, 0.5) is 5.69 Å². The summed E-state index contributed by atoms with van der Waals surface area (Å²) in [4.78, 5) is 15.8. The number of nitrogens with one attached hydrogen (secondary N) is 2. The number of carbonyl (C=O) groups excluding carboxylic acids is 1. The summed E-state index contributed by atoms with van der Waals surface area (Å²) in [6, 6.07) is 4.03.